The van der Waals surface area contributed by atoms with Crippen molar-refractivity contribution in [3.05, 3.63) is 34.2 Å². The number of halogens is 1. The van der Waals surface area contributed by atoms with Gasteiger partial charge in [0.1, 0.15) is 0 Å². The molecule has 1 fully saturated rings. The predicted octanol–water partition coefficient (Wildman–Crippen LogP) is 3.71. The lowest BCUT2D eigenvalue weighted by Crippen LogP contribution is -2.39. The van der Waals surface area contributed by atoms with Gasteiger partial charge in [-0.3, -0.25) is 9.79 Å². The number of pyridine rings is 1. The molecule has 1 heterocycles. The average molecular weight is 518 g/mol. The molecule has 6 nitrogen and oxygen atoms in total. The Labute approximate surface area is 192 Å². The maximum atomic E-state index is 11.9. The van der Waals surface area contributed by atoms with E-state index in [4.69, 9.17) is 9.73 Å². The third kappa shape index (κ3) is 8.66. The number of rotatable bonds is 11. The topological polar surface area (TPSA) is 67.7 Å². The highest BCUT2D eigenvalue weighted by Gasteiger charge is 2.33. The minimum absolute atomic E-state index is 0. The van der Waals surface area contributed by atoms with Crippen LogP contribution >= 0.6 is 24.0 Å². The van der Waals surface area contributed by atoms with E-state index in [-0.39, 0.29) is 29.5 Å². The van der Waals surface area contributed by atoms with Crippen molar-refractivity contribution >= 4 is 29.9 Å². The Kier molecular flexibility index (Phi) is 12.5. The number of aryl methyl sites for hydroxylation is 1. The molecule has 7 heteroatoms. The molecule has 0 aliphatic heterocycles. The summed E-state index contributed by atoms with van der Waals surface area (Å²) in [5.74, 6) is 0.902. The van der Waals surface area contributed by atoms with E-state index in [0.29, 0.717) is 5.41 Å². The maximum Gasteiger partial charge on any atom is 0.250 e. The van der Waals surface area contributed by atoms with E-state index in [1.165, 1.54) is 25.7 Å². The average Bonchev–Trinajstić information content (AvgIpc) is 3.15. The summed E-state index contributed by atoms with van der Waals surface area (Å²) in [5.41, 5.74) is 1.42. The lowest BCUT2D eigenvalue weighted by atomic mass is 9.83. The second-order valence-corrected chi connectivity index (χ2v) is 7.94. The van der Waals surface area contributed by atoms with E-state index < -0.39 is 0 Å². The molecule has 0 unspecified atom stereocenters. The monoisotopic (exact) mass is 518 g/mol. The molecule has 166 valence electrons. The fourth-order valence-electron chi connectivity index (χ4n) is 4.03. The zero-order chi connectivity index (χ0) is 20.2. The Bertz CT molecular complexity index is 669. The minimum Gasteiger partial charge on any atom is -0.385 e. The van der Waals surface area contributed by atoms with Crippen LogP contribution in [0.3, 0.4) is 0 Å². The predicted molar refractivity (Wildman–Crippen MR) is 131 cm³/mol. The smallest absolute Gasteiger partial charge is 0.250 e. The standard InChI is InChI=1S/C22H38N4O2.HI/c1-4-23-21(25-18-22(14-17-28-3)12-5-6-13-22)24-15-7-8-16-26-19(2)10-9-11-20(26)27;/h9-11H,4-8,12-18H2,1-3H3,(H2,23,24,25);1H. The van der Waals surface area contributed by atoms with Crippen LogP contribution in [0.15, 0.2) is 28.0 Å². The minimum atomic E-state index is 0. The van der Waals surface area contributed by atoms with E-state index in [0.717, 1.165) is 63.7 Å². The number of aliphatic imine (C=N–C) groups is 1. The Morgan fingerprint density at radius 2 is 2.00 bits per heavy atom. The van der Waals surface area contributed by atoms with Crippen molar-refractivity contribution < 1.29 is 4.74 Å². The summed E-state index contributed by atoms with van der Waals surface area (Å²) in [6, 6.07) is 5.43. The molecule has 1 aliphatic rings. The second-order valence-electron chi connectivity index (χ2n) is 7.94. The second kappa shape index (κ2) is 14.0. The molecular weight excluding hydrogens is 479 g/mol. The van der Waals surface area contributed by atoms with Gasteiger partial charge in [-0.05, 0) is 57.4 Å². The summed E-state index contributed by atoms with van der Waals surface area (Å²) < 4.78 is 7.17. The highest BCUT2D eigenvalue weighted by molar-refractivity contribution is 14.0. The molecule has 0 spiro atoms. The van der Waals surface area contributed by atoms with Crippen molar-refractivity contribution in [1.82, 2.24) is 15.2 Å². The van der Waals surface area contributed by atoms with Crippen LogP contribution in [-0.4, -0.2) is 43.9 Å². The summed E-state index contributed by atoms with van der Waals surface area (Å²) >= 11 is 0. The zero-order valence-electron chi connectivity index (χ0n) is 18.3. The van der Waals surface area contributed by atoms with Crippen molar-refractivity contribution in [3.8, 4) is 0 Å². The fraction of sp³-hybridized carbons (Fsp3) is 0.727. The highest BCUT2D eigenvalue weighted by atomic mass is 127. The molecule has 1 aromatic heterocycles. The summed E-state index contributed by atoms with van der Waals surface area (Å²) in [6.07, 6.45) is 8.18. The van der Waals surface area contributed by atoms with E-state index in [1.807, 2.05) is 23.6 Å². The third-order valence-electron chi connectivity index (χ3n) is 5.79. The molecule has 0 atom stereocenters. The molecule has 0 amide bonds. The number of hydrogen-bond acceptors (Lipinski definition) is 3. The molecular formula is C22H39IN4O2. The largest absolute Gasteiger partial charge is 0.385 e. The number of methoxy groups -OCH3 is 1. The number of unbranched alkanes of at least 4 members (excludes halogenated alkanes) is 1. The van der Waals surface area contributed by atoms with Gasteiger partial charge in [0.15, 0.2) is 5.96 Å². The van der Waals surface area contributed by atoms with Gasteiger partial charge in [0.05, 0.1) is 0 Å². The molecule has 0 bridgehead atoms. The first kappa shape index (κ1) is 25.9. The van der Waals surface area contributed by atoms with E-state index >= 15 is 0 Å². The third-order valence-corrected chi connectivity index (χ3v) is 5.79. The number of guanidine groups is 1. The number of nitrogens with one attached hydrogen (secondary N) is 2. The van der Waals surface area contributed by atoms with Crippen LogP contribution in [0.5, 0.6) is 0 Å². The Morgan fingerprint density at radius 3 is 2.66 bits per heavy atom. The van der Waals surface area contributed by atoms with Gasteiger partial charge in [0, 0.05) is 51.7 Å². The van der Waals surface area contributed by atoms with Gasteiger partial charge in [-0.2, -0.15) is 0 Å². The maximum absolute atomic E-state index is 11.9. The van der Waals surface area contributed by atoms with Gasteiger partial charge in [-0.15, -0.1) is 24.0 Å². The fourth-order valence-corrected chi connectivity index (χ4v) is 4.03. The molecule has 2 N–H and O–H groups in total. The van der Waals surface area contributed by atoms with Crippen molar-refractivity contribution in [2.24, 2.45) is 10.4 Å². The first-order valence-electron chi connectivity index (χ1n) is 10.8. The summed E-state index contributed by atoms with van der Waals surface area (Å²) in [7, 11) is 1.78. The van der Waals surface area contributed by atoms with Gasteiger partial charge in [-0.1, -0.05) is 18.9 Å². The van der Waals surface area contributed by atoms with Crippen LogP contribution in [0.4, 0.5) is 0 Å². The SMILES string of the molecule is CCNC(=NCC1(CCOC)CCCC1)NCCCCn1c(C)cccc1=O.I. The molecule has 0 saturated heterocycles. The highest BCUT2D eigenvalue weighted by Crippen LogP contribution is 2.41. The van der Waals surface area contributed by atoms with Gasteiger partial charge in [-0.25, -0.2) is 0 Å². The van der Waals surface area contributed by atoms with Crippen molar-refractivity contribution in [2.45, 2.75) is 65.3 Å². The first-order valence-corrected chi connectivity index (χ1v) is 10.8. The van der Waals surface area contributed by atoms with E-state index in [9.17, 15) is 4.79 Å². The van der Waals surface area contributed by atoms with Crippen LogP contribution < -0.4 is 16.2 Å². The van der Waals surface area contributed by atoms with Crippen molar-refractivity contribution in [1.29, 1.82) is 0 Å². The number of hydrogen-bond donors (Lipinski definition) is 2. The lowest BCUT2D eigenvalue weighted by Gasteiger charge is -2.27. The van der Waals surface area contributed by atoms with Crippen LogP contribution in [0, 0.1) is 12.3 Å². The normalized spacial score (nSPS) is 15.8. The van der Waals surface area contributed by atoms with Gasteiger partial charge < -0.3 is 19.9 Å². The van der Waals surface area contributed by atoms with E-state index in [1.54, 1.807) is 13.2 Å². The van der Waals surface area contributed by atoms with Crippen molar-refractivity contribution in [3.63, 3.8) is 0 Å². The van der Waals surface area contributed by atoms with Crippen LogP contribution in [0.2, 0.25) is 0 Å². The quantitative estimate of drug-likeness (QED) is 0.203. The molecule has 0 aromatic carbocycles. The lowest BCUT2D eigenvalue weighted by molar-refractivity contribution is 0.141. The number of nitrogens with zero attached hydrogens (tertiary/aromatic N) is 2. The summed E-state index contributed by atoms with van der Waals surface area (Å²) in [6.45, 7) is 8.24. The van der Waals surface area contributed by atoms with Crippen molar-refractivity contribution in [2.75, 3.05) is 33.4 Å². The van der Waals surface area contributed by atoms with Gasteiger partial charge in [0.2, 0.25) is 0 Å². The Balaban J connectivity index is 0.00000420. The first-order chi connectivity index (χ1) is 13.6. The molecule has 29 heavy (non-hydrogen) atoms. The van der Waals surface area contributed by atoms with E-state index in [2.05, 4.69) is 17.6 Å². The summed E-state index contributed by atoms with van der Waals surface area (Å²) in [5, 5.41) is 6.81. The Hall–Kier alpha value is -1.09. The molecule has 1 saturated carbocycles. The van der Waals surface area contributed by atoms with Crippen LogP contribution in [0.1, 0.15) is 57.6 Å². The van der Waals surface area contributed by atoms with Gasteiger partial charge >= 0.3 is 0 Å². The van der Waals surface area contributed by atoms with Gasteiger partial charge in [0.25, 0.3) is 5.56 Å². The Morgan fingerprint density at radius 1 is 1.24 bits per heavy atom. The zero-order valence-corrected chi connectivity index (χ0v) is 20.7. The number of aromatic nitrogens is 1. The van der Waals surface area contributed by atoms with Crippen LogP contribution in [0.25, 0.3) is 0 Å². The molecule has 2 rings (SSSR count). The molecule has 1 aromatic rings. The molecule has 1 aliphatic carbocycles. The number of ether oxygens (including phenoxy) is 1. The van der Waals surface area contributed by atoms with Crippen LogP contribution in [-0.2, 0) is 11.3 Å². The molecule has 0 radical (unpaired) electrons. The summed E-state index contributed by atoms with van der Waals surface area (Å²) in [4.78, 5) is 16.8.